The zero-order chi connectivity index (χ0) is 13.2. The van der Waals surface area contributed by atoms with Gasteiger partial charge < -0.3 is 20.2 Å². The fraction of sp³-hybridized carbons (Fsp3) is 0.500. The number of rotatable bonds is 3. The predicted octanol–water partition coefficient (Wildman–Crippen LogP) is 2.01. The minimum atomic E-state index is 0.253. The van der Waals surface area contributed by atoms with Gasteiger partial charge in [-0.05, 0) is 43.4 Å². The summed E-state index contributed by atoms with van der Waals surface area (Å²) in [6.07, 6.45) is 3.14. The SMILES string of the molecule is Nc1ccc2oc(N3CCCC(CCO)C3)nc2c1. The van der Waals surface area contributed by atoms with Crippen LogP contribution >= 0.6 is 0 Å². The molecule has 1 fully saturated rings. The van der Waals surface area contributed by atoms with E-state index in [-0.39, 0.29) is 6.61 Å². The van der Waals surface area contributed by atoms with Crippen LogP contribution in [0.15, 0.2) is 22.6 Å². The lowest BCUT2D eigenvalue weighted by Crippen LogP contribution is -2.35. The summed E-state index contributed by atoms with van der Waals surface area (Å²) >= 11 is 0. The molecule has 1 unspecified atom stereocenters. The molecule has 2 heterocycles. The average molecular weight is 261 g/mol. The Hall–Kier alpha value is -1.75. The smallest absolute Gasteiger partial charge is 0.298 e. The Kier molecular flexibility index (Phi) is 3.29. The maximum absolute atomic E-state index is 9.05. The molecule has 1 aliphatic heterocycles. The molecule has 0 saturated carbocycles. The molecular weight excluding hydrogens is 242 g/mol. The lowest BCUT2D eigenvalue weighted by Gasteiger charge is -2.31. The number of benzene rings is 1. The molecule has 5 heteroatoms. The Morgan fingerprint density at radius 1 is 1.47 bits per heavy atom. The molecular formula is C14H19N3O2. The van der Waals surface area contributed by atoms with Gasteiger partial charge in [0.15, 0.2) is 5.58 Å². The second-order valence-electron chi connectivity index (χ2n) is 5.19. The maximum atomic E-state index is 9.05. The summed E-state index contributed by atoms with van der Waals surface area (Å²) in [5, 5.41) is 9.05. The topological polar surface area (TPSA) is 75.5 Å². The molecule has 1 aromatic heterocycles. The summed E-state index contributed by atoms with van der Waals surface area (Å²) < 4.78 is 5.79. The number of aromatic nitrogens is 1. The number of hydrogen-bond donors (Lipinski definition) is 2. The molecule has 1 saturated heterocycles. The minimum absolute atomic E-state index is 0.253. The van der Waals surface area contributed by atoms with Crippen molar-refractivity contribution in [3.8, 4) is 0 Å². The van der Waals surface area contributed by atoms with Crippen molar-refractivity contribution in [1.29, 1.82) is 0 Å². The molecule has 1 aromatic carbocycles. The van der Waals surface area contributed by atoms with Crippen LogP contribution < -0.4 is 10.6 Å². The van der Waals surface area contributed by atoms with Crippen LogP contribution in [0.4, 0.5) is 11.7 Å². The van der Waals surface area contributed by atoms with E-state index in [9.17, 15) is 0 Å². The van der Waals surface area contributed by atoms with E-state index in [4.69, 9.17) is 15.3 Å². The van der Waals surface area contributed by atoms with Gasteiger partial charge in [0.25, 0.3) is 6.01 Å². The van der Waals surface area contributed by atoms with E-state index >= 15 is 0 Å². The first-order valence-corrected chi connectivity index (χ1v) is 6.78. The van der Waals surface area contributed by atoms with Crippen LogP contribution in [0.5, 0.6) is 0 Å². The zero-order valence-corrected chi connectivity index (χ0v) is 10.9. The summed E-state index contributed by atoms with van der Waals surface area (Å²) in [6, 6.07) is 6.18. The minimum Gasteiger partial charge on any atom is -0.423 e. The fourth-order valence-corrected chi connectivity index (χ4v) is 2.72. The molecule has 0 amide bonds. The Labute approximate surface area is 112 Å². The van der Waals surface area contributed by atoms with Gasteiger partial charge in [-0.25, -0.2) is 0 Å². The van der Waals surface area contributed by atoms with Gasteiger partial charge in [0.1, 0.15) is 5.52 Å². The second kappa shape index (κ2) is 5.09. The average Bonchev–Trinajstić information content (AvgIpc) is 2.82. The first-order valence-electron chi connectivity index (χ1n) is 6.78. The highest BCUT2D eigenvalue weighted by Gasteiger charge is 2.23. The highest BCUT2D eigenvalue weighted by molar-refractivity contribution is 5.78. The maximum Gasteiger partial charge on any atom is 0.298 e. The van der Waals surface area contributed by atoms with E-state index in [0.717, 1.165) is 37.0 Å². The van der Waals surface area contributed by atoms with E-state index in [2.05, 4.69) is 9.88 Å². The second-order valence-corrected chi connectivity index (χ2v) is 5.19. The number of aliphatic hydroxyl groups is 1. The molecule has 0 aliphatic carbocycles. The Bertz CT molecular complexity index is 565. The van der Waals surface area contributed by atoms with Crippen LogP contribution in [0.25, 0.3) is 11.1 Å². The summed E-state index contributed by atoms with van der Waals surface area (Å²) in [5.74, 6) is 0.527. The van der Waals surface area contributed by atoms with Crippen LogP contribution in [0.3, 0.4) is 0 Å². The molecule has 0 spiro atoms. The Morgan fingerprint density at radius 2 is 2.37 bits per heavy atom. The van der Waals surface area contributed by atoms with Crippen molar-refractivity contribution in [3.05, 3.63) is 18.2 Å². The third-order valence-electron chi connectivity index (χ3n) is 3.73. The van der Waals surface area contributed by atoms with Crippen molar-refractivity contribution < 1.29 is 9.52 Å². The third-order valence-corrected chi connectivity index (χ3v) is 3.73. The van der Waals surface area contributed by atoms with Crippen molar-refractivity contribution in [2.24, 2.45) is 5.92 Å². The molecule has 3 rings (SSSR count). The van der Waals surface area contributed by atoms with Crippen LogP contribution in [-0.4, -0.2) is 29.8 Å². The Balaban J connectivity index is 1.83. The number of oxazole rings is 1. The number of aliphatic hydroxyl groups excluding tert-OH is 1. The van der Waals surface area contributed by atoms with Crippen molar-refractivity contribution in [1.82, 2.24) is 4.98 Å². The zero-order valence-electron chi connectivity index (χ0n) is 10.9. The summed E-state index contributed by atoms with van der Waals surface area (Å²) in [5.41, 5.74) is 8.03. The largest absolute Gasteiger partial charge is 0.423 e. The van der Waals surface area contributed by atoms with Gasteiger partial charge in [0.05, 0.1) is 0 Å². The van der Waals surface area contributed by atoms with Gasteiger partial charge in [-0.3, -0.25) is 0 Å². The van der Waals surface area contributed by atoms with Crippen LogP contribution in [0, 0.1) is 5.92 Å². The van der Waals surface area contributed by atoms with E-state index in [1.807, 2.05) is 18.2 Å². The first-order chi connectivity index (χ1) is 9.26. The predicted molar refractivity (Wildman–Crippen MR) is 75.1 cm³/mol. The molecule has 5 nitrogen and oxygen atoms in total. The number of nitrogens with zero attached hydrogens (tertiary/aromatic N) is 2. The molecule has 3 N–H and O–H groups in total. The van der Waals surface area contributed by atoms with Crippen LogP contribution in [0.2, 0.25) is 0 Å². The lowest BCUT2D eigenvalue weighted by atomic mass is 9.95. The first kappa shape index (κ1) is 12.3. The summed E-state index contributed by atoms with van der Waals surface area (Å²) in [6.45, 7) is 2.12. The monoisotopic (exact) mass is 261 g/mol. The van der Waals surface area contributed by atoms with Crippen molar-refractivity contribution in [3.63, 3.8) is 0 Å². The fourth-order valence-electron chi connectivity index (χ4n) is 2.72. The van der Waals surface area contributed by atoms with E-state index in [0.29, 0.717) is 17.6 Å². The van der Waals surface area contributed by atoms with E-state index < -0.39 is 0 Å². The quantitative estimate of drug-likeness (QED) is 0.827. The van der Waals surface area contributed by atoms with Crippen molar-refractivity contribution in [2.75, 3.05) is 30.3 Å². The number of nitrogens with two attached hydrogens (primary N) is 1. The highest BCUT2D eigenvalue weighted by Crippen LogP contribution is 2.28. The molecule has 0 bridgehead atoms. The van der Waals surface area contributed by atoms with Gasteiger partial charge in [-0.1, -0.05) is 0 Å². The van der Waals surface area contributed by atoms with Crippen LogP contribution in [-0.2, 0) is 0 Å². The number of anilines is 2. The van der Waals surface area contributed by atoms with Crippen molar-refractivity contribution >= 4 is 22.8 Å². The number of fused-ring (bicyclic) bond motifs is 1. The normalized spacial score (nSPS) is 20.1. The van der Waals surface area contributed by atoms with Gasteiger partial charge in [-0.2, -0.15) is 4.98 Å². The molecule has 1 atom stereocenters. The number of nitrogen functional groups attached to an aromatic ring is 1. The molecule has 0 radical (unpaired) electrons. The molecule has 1 aliphatic rings. The molecule has 19 heavy (non-hydrogen) atoms. The van der Waals surface area contributed by atoms with Crippen LogP contribution in [0.1, 0.15) is 19.3 Å². The molecule has 2 aromatic rings. The number of piperidine rings is 1. The summed E-state index contributed by atoms with van der Waals surface area (Å²) in [7, 11) is 0. The van der Waals surface area contributed by atoms with Gasteiger partial charge in [-0.15, -0.1) is 0 Å². The number of hydrogen-bond acceptors (Lipinski definition) is 5. The van der Waals surface area contributed by atoms with Gasteiger partial charge in [0.2, 0.25) is 0 Å². The summed E-state index contributed by atoms with van der Waals surface area (Å²) in [4.78, 5) is 6.68. The molecule has 102 valence electrons. The standard InChI is InChI=1S/C14H19N3O2/c15-11-3-4-13-12(8-11)16-14(19-13)17-6-1-2-10(9-17)5-7-18/h3-4,8,10,18H,1-2,5-7,9,15H2. The van der Waals surface area contributed by atoms with Gasteiger partial charge >= 0.3 is 0 Å². The van der Waals surface area contributed by atoms with Gasteiger partial charge in [0, 0.05) is 25.4 Å². The van der Waals surface area contributed by atoms with Crippen molar-refractivity contribution in [2.45, 2.75) is 19.3 Å². The van der Waals surface area contributed by atoms with E-state index in [1.54, 1.807) is 0 Å². The van der Waals surface area contributed by atoms with E-state index in [1.165, 1.54) is 6.42 Å². The third kappa shape index (κ3) is 2.51. The lowest BCUT2D eigenvalue weighted by molar-refractivity contribution is 0.242. The Morgan fingerprint density at radius 3 is 3.21 bits per heavy atom. The highest BCUT2D eigenvalue weighted by atomic mass is 16.4.